The molecule has 7 nitrogen and oxygen atoms in total. The van der Waals surface area contributed by atoms with E-state index in [1.807, 2.05) is 30.3 Å². The molecule has 0 saturated carbocycles. The standard InChI is InChI=1S/C28H27ClN2O5/c1-35-24-10-8-18-13-26(24)36-25-12-17(6-9-23(25)32)7-11-27(33)30-22-16-31(15-20(18)22)28(34)14-19-4-2-3-5-21(19)29/h2-6,8-10,12-13,20,22,32H,7,11,14-16H2,1H3,(H,30,33)/t20-,22+/m0/s1. The zero-order valence-electron chi connectivity index (χ0n) is 19.9. The van der Waals surface area contributed by atoms with E-state index in [1.165, 1.54) is 0 Å². The summed E-state index contributed by atoms with van der Waals surface area (Å²) in [6, 6.07) is 17.7. The highest BCUT2D eigenvalue weighted by molar-refractivity contribution is 6.31. The van der Waals surface area contributed by atoms with Crippen LogP contribution in [0.1, 0.15) is 29.0 Å². The van der Waals surface area contributed by atoms with E-state index in [9.17, 15) is 14.7 Å². The summed E-state index contributed by atoms with van der Waals surface area (Å²) >= 11 is 6.28. The average molecular weight is 507 g/mol. The number of aryl methyl sites for hydroxylation is 1. The molecular formula is C28H27ClN2O5. The molecule has 3 aromatic carbocycles. The number of rotatable bonds is 3. The monoisotopic (exact) mass is 506 g/mol. The lowest BCUT2D eigenvalue weighted by molar-refractivity contribution is -0.130. The molecule has 0 aromatic heterocycles. The molecule has 0 aliphatic carbocycles. The van der Waals surface area contributed by atoms with Crippen LogP contribution in [0.5, 0.6) is 23.0 Å². The van der Waals surface area contributed by atoms with E-state index < -0.39 is 0 Å². The first-order valence-corrected chi connectivity index (χ1v) is 12.3. The number of ether oxygens (including phenoxy) is 2. The second-order valence-electron chi connectivity index (χ2n) is 9.16. The van der Waals surface area contributed by atoms with E-state index in [2.05, 4.69) is 5.32 Å². The number of nitrogens with one attached hydrogen (secondary N) is 1. The fourth-order valence-corrected chi connectivity index (χ4v) is 5.07. The van der Waals surface area contributed by atoms with Gasteiger partial charge in [0, 0.05) is 30.5 Å². The lowest BCUT2D eigenvalue weighted by Gasteiger charge is -2.21. The number of phenols is 1. The third kappa shape index (κ3) is 4.97. The Bertz CT molecular complexity index is 1310. The molecule has 3 aromatic rings. The molecule has 0 unspecified atom stereocenters. The van der Waals surface area contributed by atoms with Crippen molar-refractivity contribution in [2.75, 3.05) is 20.2 Å². The van der Waals surface area contributed by atoms with Crippen LogP contribution in [-0.2, 0) is 22.4 Å². The summed E-state index contributed by atoms with van der Waals surface area (Å²) in [5.41, 5.74) is 2.54. The number of likely N-dealkylation sites (tertiary alicyclic amines) is 1. The minimum absolute atomic E-state index is 0.000571. The van der Waals surface area contributed by atoms with Crippen molar-refractivity contribution >= 4 is 23.4 Å². The molecule has 2 aliphatic rings. The number of nitrogens with zero attached hydrogens (tertiary/aromatic N) is 1. The van der Waals surface area contributed by atoms with Crippen LogP contribution in [0.25, 0.3) is 0 Å². The number of fused-ring (bicyclic) bond motifs is 6. The summed E-state index contributed by atoms with van der Waals surface area (Å²) in [4.78, 5) is 27.9. The van der Waals surface area contributed by atoms with Crippen molar-refractivity contribution in [1.29, 1.82) is 0 Å². The number of methoxy groups -OCH3 is 1. The summed E-state index contributed by atoms with van der Waals surface area (Å²) in [5, 5.41) is 14.1. The highest BCUT2D eigenvalue weighted by Gasteiger charge is 2.37. The molecule has 186 valence electrons. The van der Waals surface area contributed by atoms with Gasteiger partial charge in [0.15, 0.2) is 23.0 Å². The summed E-state index contributed by atoms with van der Waals surface area (Å²) in [6.07, 6.45) is 0.962. The maximum absolute atomic E-state index is 13.2. The highest BCUT2D eigenvalue weighted by Crippen LogP contribution is 2.40. The number of halogens is 1. The summed E-state index contributed by atoms with van der Waals surface area (Å²) < 4.78 is 11.6. The van der Waals surface area contributed by atoms with Crippen LogP contribution in [0.2, 0.25) is 5.02 Å². The van der Waals surface area contributed by atoms with E-state index in [-0.39, 0.29) is 42.4 Å². The third-order valence-corrected chi connectivity index (χ3v) is 7.19. The van der Waals surface area contributed by atoms with Gasteiger partial charge in [-0.05, 0) is 53.4 Å². The zero-order chi connectivity index (χ0) is 25.2. The van der Waals surface area contributed by atoms with Gasteiger partial charge in [-0.15, -0.1) is 0 Å². The predicted octanol–water partition coefficient (Wildman–Crippen LogP) is 4.45. The second kappa shape index (κ2) is 10.1. The molecule has 2 aliphatic heterocycles. The molecule has 0 spiro atoms. The molecule has 0 radical (unpaired) electrons. The van der Waals surface area contributed by atoms with Crippen molar-refractivity contribution in [1.82, 2.24) is 10.2 Å². The number of amides is 2. The molecule has 2 heterocycles. The van der Waals surface area contributed by atoms with Crippen molar-refractivity contribution in [3.63, 3.8) is 0 Å². The smallest absolute Gasteiger partial charge is 0.227 e. The number of carbonyl (C=O) groups excluding carboxylic acids is 2. The van der Waals surface area contributed by atoms with Gasteiger partial charge in [-0.25, -0.2) is 0 Å². The maximum Gasteiger partial charge on any atom is 0.227 e. The van der Waals surface area contributed by atoms with Crippen molar-refractivity contribution < 1.29 is 24.2 Å². The number of hydrogen-bond donors (Lipinski definition) is 2. The SMILES string of the molecule is COc1ccc2cc1Oc1cc(ccc1O)CCC(=O)N[C@@H]1CN(C(=O)Cc3ccccc3Cl)C[C@@H]21. The fraction of sp³-hybridized carbons (Fsp3) is 0.286. The van der Waals surface area contributed by atoms with Gasteiger partial charge in [0.2, 0.25) is 11.8 Å². The molecule has 4 bridgehead atoms. The van der Waals surface area contributed by atoms with Crippen LogP contribution in [0.4, 0.5) is 0 Å². The lowest BCUT2D eigenvalue weighted by atomic mass is 9.93. The summed E-state index contributed by atoms with van der Waals surface area (Å²) in [5.74, 6) is 0.985. The van der Waals surface area contributed by atoms with Crippen LogP contribution in [0.15, 0.2) is 60.7 Å². The third-order valence-electron chi connectivity index (χ3n) is 6.82. The Morgan fingerprint density at radius 2 is 1.94 bits per heavy atom. The summed E-state index contributed by atoms with van der Waals surface area (Å²) in [7, 11) is 1.56. The Balaban J connectivity index is 1.48. The Labute approximate surface area is 214 Å². The number of phenolic OH excluding ortho intramolecular Hbond substituents is 1. The van der Waals surface area contributed by atoms with Crippen LogP contribution in [0.3, 0.4) is 0 Å². The fourth-order valence-electron chi connectivity index (χ4n) is 4.86. The average Bonchev–Trinajstić information content (AvgIpc) is 3.29. The molecule has 2 atom stereocenters. The van der Waals surface area contributed by atoms with Gasteiger partial charge in [0.1, 0.15) is 0 Å². The van der Waals surface area contributed by atoms with Crippen molar-refractivity contribution in [2.24, 2.45) is 0 Å². The first-order valence-electron chi connectivity index (χ1n) is 11.9. The van der Waals surface area contributed by atoms with E-state index in [4.69, 9.17) is 21.1 Å². The number of benzene rings is 3. The molecule has 5 rings (SSSR count). The molecule has 2 N–H and O–H groups in total. The van der Waals surface area contributed by atoms with Gasteiger partial charge in [-0.3, -0.25) is 9.59 Å². The Hall–Kier alpha value is -3.71. The molecule has 36 heavy (non-hydrogen) atoms. The normalized spacial score (nSPS) is 19.2. The Kier molecular flexibility index (Phi) is 6.74. The highest BCUT2D eigenvalue weighted by atomic mass is 35.5. The molecule has 1 saturated heterocycles. The minimum Gasteiger partial charge on any atom is -0.504 e. The van der Waals surface area contributed by atoms with E-state index in [1.54, 1.807) is 42.3 Å². The lowest BCUT2D eigenvalue weighted by Crippen LogP contribution is -2.40. The molecular weight excluding hydrogens is 480 g/mol. The molecule has 2 amide bonds. The van der Waals surface area contributed by atoms with Gasteiger partial charge in [-0.2, -0.15) is 0 Å². The predicted molar refractivity (Wildman–Crippen MR) is 136 cm³/mol. The quantitative estimate of drug-likeness (QED) is 0.548. The Morgan fingerprint density at radius 3 is 2.75 bits per heavy atom. The topological polar surface area (TPSA) is 88.1 Å². The van der Waals surface area contributed by atoms with Gasteiger partial charge >= 0.3 is 0 Å². The number of carbonyl (C=O) groups is 2. The summed E-state index contributed by atoms with van der Waals surface area (Å²) in [6.45, 7) is 0.843. The zero-order valence-corrected chi connectivity index (χ0v) is 20.6. The van der Waals surface area contributed by atoms with Crippen LogP contribution >= 0.6 is 11.6 Å². The molecule has 1 fully saturated rings. The van der Waals surface area contributed by atoms with Crippen molar-refractivity contribution in [3.05, 3.63) is 82.4 Å². The van der Waals surface area contributed by atoms with Gasteiger partial charge in [0.05, 0.1) is 19.6 Å². The van der Waals surface area contributed by atoms with Crippen LogP contribution < -0.4 is 14.8 Å². The van der Waals surface area contributed by atoms with E-state index in [0.717, 1.165) is 16.7 Å². The largest absolute Gasteiger partial charge is 0.504 e. The van der Waals surface area contributed by atoms with Crippen LogP contribution in [0, 0.1) is 0 Å². The Morgan fingerprint density at radius 1 is 1.11 bits per heavy atom. The van der Waals surface area contributed by atoms with Gasteiger partial charge in [-0.1, -0.05) is 41.9 Å². The number of hydrogen-bond acceptors (Lipinski definition) is 5. The molecule has 8 heteroatoms. The van der Waals surface area contributed by atoms with E-state index >= 15 is 0 Å². The number of aromatic hydroxyl groups is 1. The van der Waals surface area contributed by atoms with Gasteiger partial charge < -0.3 is 24.8 Å². The van der Waals surface area contributed by atoms with Crippen LogP contribution in [-0.4, -0.2) is 48.1 Å². The minimum atomic E-state index is -0.258. The second-order valence-corrected chi connectivity index (χ2v) is 9.57. The van der Waals surface area contributed by atoms with E-state index in [0.29, 0.717) is 41.8 Å². The van der Waals surface area contributed by atoms with Gasteiger partial charge in [0.25, 0.3) is 0 Å². The maximum atomic E-state index is 13.2. The van der Waals surface area contributed by atoms with Crippen molar-refractivity contribution in [2.45, 2.75) is 31.2 Å². The van der Waals surface area contributed by atoms with Crippen molar-refractivity contribution in [3.8, 4) is 23.0 Å². The first-order chi connectivity index (χ1) is 17.4. The first kappa shape index (κ1) is 24.0.